The van der Waals surface area contributed by atoms with Crippen molar-refractivity contribution >= 4 is 36.2 Å². The Morgan fingerprint density at radius 1 is 1.00 bits per heavy atom. The summed E-state index contributed by atoms with van der Waals surface area (Å²) in [4.78, 5) is 40.3. The predicted octanol–water partition coefficient (Wildman–Crippen LogP) is 0.363. The number of carboxylic acids is 2. The largest absolute Gasteiger partial charge is 0.481 e. The van der Waals surface area contributed by atoms with Gasteiger partial charge in [-0.15, -0.1) is 0 Å². The van der Waals surface area contributed by atoms with Crippen LogP contribution in [0.25, 0.3) is 0 Å². The van der Waals surface area contributed by atoms with E-state index in [2.05, 4.69) is 8.37 Å². The van der Waals surface area contributed by atoms with Gasteiger partial charge >= 0.3 is 23.9 Å². The maximum absolute atomic E-state index is 10.4. The number of hydrogen-bond acceptors (Lipinski definition) is 8. The van der Waals surface area contributed by atoms with Gasteiger partial charge in [0.2, 0.25) is 0 Å². The molecule has 20 heavy (non-hydrogen) atoms. The second kappa shape index (κ2) is 12.2. The zero-order valence-corrected chi connectivity index (χ0v) is 11.7. The van der Waals surface area contributed by atoms with Crippen molar-refractivity contribution < 1.29 is 42.9 Å². The summed E-state index contributed by atoms with van der Waals surface area (Å²) in [6, 6.07) is 0. The molecular formula is C10H16O9S. The summed E-state index contributed by atoms with van der Waals surface area (Å²) in [6.45, 7) is 3.31. The van der Waals surface area contributed by atoms with Crippen LogP contribution in [0.1, 0.15) is 33.1 Å². The molecule has 0 saturated heterocycles. The first-order valence-electron chi connectivity index (χ1n) is 5.44. The number of carbonyl (C=O) groups is 4. The Kier molecular flexibility index (Phi) is 12.5. The Balaban J connectivity index is 0. The van der Waals surface area contributed by atoms with Crippen molar-refractivity contribution in [1.29, 1.82) is 0 Å². The number of aliphatic hydroxyl groups is 1. The molecule has 1 unspecified atom stereocenters. The van der Waals surface area contributed by atoms with Crippen LogP contribution in [-0.2, 0) is 27.5 Å². The summed E-state index contributed by atoms with van der Waals surface area (Å²) in [5, 5.41) is 24.1. The Bertz CT molecular complexity index is 326. The van der Waals surface area contributed by atoms with Crippen LogP contribution in [0.4, 0.5) is 0 Å². The van der Waals surface area contributed by atoms with E-state index in [9.17, 15) is 19.2 Å². The third-order valence-corrected chi connectivity index (χ3v) is 1.99. The molecule has 1 atom stereocenters. The molecular weight excluding hydrogens is 296 g/mol. The van der Waals surface area contributed by atoms with Gasteiger partial charge in [0, 0.05) is 12.8 Å². The molecule has 0 aliphatic heterocycles. The van der Waals surface area contributed by atoms with E-state index < -0.39 is 36.4 Å². The van der Waals surface area contributed by atoms with Gasteiger partial charge in [-0.2, -0.15) is 0 Å². The number of carbonyl (C=O) groups excluding carboxylic acids is 2. The molecule has 10 heteroatoms. The Labute approximate surface area is 119 Å². The molecule has 9 nitrogen and oxygen atoms in total. The van der Waals surface area contributed by atoms with Gasteiger partial charge in [0.1, 0.15) is 0 Å². The minimum absolute atomic E-state index is 0.274. The summed E-state index contributed by atoms with van der Waals surface area (Å²) >= 11 is 0.420. The van der Waals surface area contributed by atoms with Gasteiger partial charge in [0.05, 0.1) is 6.42 Å². The lowest BCUT2D eigenvalue weighted by atomic mass is 10.3. The lowest BCUT2D eigenvalue weighted by Crippen LogP contribution is -2.22. The Morgan fingerprint density at radius 2 is 1.40 bits per heavy atom. The first-order valence-corrected chi connectivity index (χ1v) is 6.10. The van der Waals surface area contributed by atoms with Crippen LogP contribution < -0.4 is 0 Å². The molecule has 3 N–H and O–H groups in total. The molecule has 0 rings (SSSR count). The summed E-state index contributed by atoms with van der Waals surface area (Å²) in [6.07, 6.45) is -2.00. The van der Waals surface area contributed by atoms with Gasteiger partial charge in [0.25, 0.3) is 12.3 Å². The number of hydrogen-bond donors (Lipinski definition) is 3. The smallest absolute Gasteiger partial charge is 0.333 e. The lowest BCUT2D eigenvalue weighted by molar-refractivity contribution is -0.152. The monoisotopic (exact) mass is 312 g/mol. The van der Waals surface area contributed by atoms with E-state index in [1.165, 1.54) is 0 Å². The lowest BCUT2D eigenvalue weighted by Gasteiger charge is -1.98. The van der Waals surface area contributed by atoms with E-state index >= 15 is 0 Å². The Morgan fingerprint density at radius 3 is 1.60 bits per heavy atom. The van der Waals surface area contributed by atoms with Crippen LogP contribution >= 0.6 is 12.3 Å². The topological polar surface area (TPSA) is 147 Å². The second-order valence-corrected chi connectivity index (χ2v) is 3.61. The Hall–Kier alpha value is -1.81. The van der Waals surface area contributed by atoms with Gasteiger partial charge < -0.3 is 23.7 Å². The second-order valence-electron chi connectivity index (χ2n) is 3.14. The van der Waals surface area contributed by atoms with Crippen molar-refractivity contribution in [3.8, 4) is 0 Å². The highest BCUT2D eigenvalue weighted by atomic mass is 32.2. The number of rotatable bonds is 7. The number of aliphatic hydroxyl groups excluding tert-OH is 1. The summed E-state index contributed by atoms with van der Waals surface area (Å²) in [5.41, 5.74) is 0. The fraction of sp³-hybridized carbons (Fsp3) is 0.600. The van der Waals surface area contributed by atoms with Gasteiger partial charge in [-0.1, -0.05) is 13.8 Å². The van der Waals surface area contributed by atoms with Crippen LogP contribution in [0.5, 0.6) is 0 Å². The van der Waals surface area contributed by atoms with Crippen LogP contribution in [-0.4, -0.2) is 45.3 Å². The summed E-state index contributed by atoms with van der Waals surface area (Å²) < 4.78 is 8.80. The van der Waals surface area contributed by atoms with E-state index in [1.807, 2.05) is 0 Å². The molecule has 0 heterocycles. The summed E-state index contributed by atoms with van der Waals surface area (Å²) in [5.74, 6) is -3.65. The van der Waals surface area contributed by atoms with Gasteiger partial charge in [-0.25, -0.2) is 4.79 Å². The van der Waals surface area contributed by atoms with E-state index in [-0.39, 0.29) is 12.8 Å². The first kappa shape index (κ1) is 20.5. The van der Waals surface area contributed by atoms with E-state index in [0.29, 0.717) is 12.3 Å². The van der Waals surface area contributed by atoms with Crippen LogP contribution in [0.2, 0.25) is 0 Å². The maximum Gasteiger partial charge on any atom is 0.333 e. The van der Waals surface area contributed by atoms with Gasteiger partial charge in [-0.05, 0) is 0 Å². The average molecular weight is 312 g/mol. The highest BCUT2D eigenvalue weighted by Crippen LogP contribution is 2.07. The van der Waals surface area contributed by atoms with Crippen LogP contribution in [0.15, 0.2) is 0 Å². The molecule has 0 amide bonds. The molecule has 0 fully saturated rings. The molecule has 0 saturated carbocycles. The van der Waals surface area contributed by atoms with E-state index in [4.69, 9.17) is 15.3 Å². The van der Waals surface area contributed by atoms with E-state index in [0.717, 1.165) is 0 Å². The maximum atomic E-state index is 10.4. The average Bonchev–Trinajstić information content (AvgIpc) is 2.38. The molecule has 0 spiro atoms. The van der Waals surface area contributed by atoms with Crippen molar-refractivity contribution in [3.63, 3.8) is 0 Å². The first-order chi connectivity index (χ1) is 9.24. The zero-order chi connectivity index (χ0) is 16.1. The molecule has 0 radical (unpaired) electrons. The van der Waals surface area contributed by atoms with Gasteiger partial charge in [-0.3, -0.25) is 14.4 Å². The SMILES string of the molecule is CCC(=O)OSOC(=O)CC.O=C(O)CC(O)C(=O)O. The quantitative estimate of drug-likeness (QED) is 0.563. The molecule has 0 aromatic heterocycles. The van der Waals surface area contributed by atoms with Crippen molar-refractivity contribution in [2.75, 3.05) is 0 Å². The highest BCUT2D eigenvalue weighted by Gasteiger charge is 2.16. The fourth-order valence-electron chi connectivity index (χ4n) is 0.463. The molecule has 0 bridgehead atoms. The normalized spacial score (nSPS) is 10.6. The predicted molar refractivity (Wildman–Crippen MR) is 66.3 cm³/mol. The van der Waals surface area contributed by atoms with Crippen LogP contribution in [0, 0.1) is 0 Å². The number of carboxylic acid groups (broad SMARTS) is 2. The highest BCUT2D eigenvalue weighted by molar-refractivity contribution is 7.90. The summed E-state index contributed by atoms with van der Waals surface area (Å²) in [7, 11) is 0. The third-order valence-electron chi connectivity index (χ3n) is 1.48. The van der Waals surface area contributed by atoms with Crippen molar-refractivity contribution in [1.82, 2.24) is 0 Å². The standard InChI is InChI=1S/C6H10O4S.C4H6O5/c1-3-5(7)9-11-10-6(8)4-2;5-2(4(8)9)1-3(6)7/h3-4H2,1-2H3;2,5H,1H2,(H,6,7)(H,8,9). The molecule has 0 aromatic rings. The minimum atomic E-state index is -1.79. The van der Waals surface area contributed by atoms with Crippen LogP contribution in [0.3, 0.4) is 0 Å². The van der Waals surface area contributed by atoms with Gasteiger partial charge in [0.15, 0.2) is 6.10 Å². The molecule has 0 aliphatic rings. The van der Waals surface area contributed by atoms with Crippen molar-refractivity contribution in [2.24, 2.45) is 0 Å². The van der Waals surface area contributed by atoms with Crippen molar-refractivity contribution in [3.05, 3.63) is 0 Å². The van der Waals surface area contributed by atoms with E-state index in [1.54, 1.807) is 13.8 Å². The minimum Gasteiger partial charge on any atom is -0.481 e. The fourth-order valence-corrected chi connectivity index (χ4v) is 0.885. The molecule has 116 valence electrons. The molecule has 0 aromatic carbocycles. The zero-order valence-electron chi connectivity index (χ0n) is 10.9. The third kappa shape index (κ3) is 14.3. The number of aliphatic carboxylic acids is 2. The van der Waals surface area contributed by atoms with Crippen molar-refractivity contribution in [2.45, 2.75) is 39.2 Å². The molecule has 0 aliphatic carbocycles.